The molecule has 2 N–H and O–H groups in total. The van der Waals surface area contributed by atoms with Crippen LogP contribution in [0.4, 0.5) is 5.69 Å². The standard InChI is InChI=1S/C17H20ClNO/c1-17(2,3)13-6-4-12(5-7-13)11-19-14-8-9-16(20)15(18)10-14/h4-10,19-20H,11H2,1-3H3. The van der Waals surface area contributed by atoms with Gasteiger partial charge in [-0.3, -0.25) is 0 Å². The minimum Gasteiger partial charge on any atom is -0.506 e. The monoisotopic (exact) mass is 289 g/mol. The van der Waals surface area contributed by atoms with E-state index >= 15 is 0 Å². The van der Waals surface area contributed by atoms with E-state index < -0.39 is 0 Å². The third-order valence-electron chi connectivity index (χ3n) is 3.26. The van der Waals surface area contributed by atoms with Crippen LogP contribution >= 0.6 is 11.6 Å². The summed E-state index contributed by atoms with van der Waals surface area (Å²) in [7, 11) is 0. The van der Waals surface area contributed by atoms with Crippen molar-refractivity contribution in [2.75, 3.05) is 5.32 Å². The molecule has 2 aromatic rings. The predicted molar refractivity (Wildman–Crippen MR) is 85.6 cm³/mol. The lowest BCUT2D eigenvalue weighted by Crippen LogP contribution is -2.11. The van der Waals surface area contributed by atoms with Crippen molar-refractivity contribution in [1.82, 2.24) is 0 Å². The number of rotatable bonds is 3. The molecule has 2 aromatic carbocycles. The second kappa shape index (κ2) is 5.76. The highest BCUT2D eigenvalue weighted by Gasteiger charge is 2.12. The molecule has 0 unspecified atom stereocenters. The molecule has 2 nitrogen and oxygen atoms in total. The van der Waals surface area contributed by atoms with Crippen molar-refractivity contribution in [3.05, 3.63) is 58.6 Å². The zero-order valence-corrected chi connectivity index (χ0v) is 12.8. The van der Waals surface area contributed by atoms with E-state index in [4.69, 9.17) is 11.6 Å². The molecule has 2 rings (SSSR count). The smallest absolute Gasteiger partial charge is 0.134 e. The Labute approximate surface area is 125 Å². The van der Waals surface area contributed by atoms with E-state index in [-0.39, 0.29) is 11.2 Å². The maximum Gasteiger partial charge on any atom is 0.134 e. The fourth-order valence-electron chi connectivity index (χ4n) is 1.94. The molecule has 0 atom stereocenters. The number of benzene rings is 2. The summed E-state index contributed by atoms with van der Waals surface area (Å²) in [5, 5.41) is 13.0. The first kappa shape index (κ1) is 14.7. The van der Waals surface area contributed by atoms with Crippen molar-refractivity contribution in [3.63, 3.8) is 0 Å². The summed E-state index contributed by atoms with van der Waals surface area (Å²) in [5.74, 6) is 0.103. The molecule has 0 heterocycles. The SMILES string of the molecule is CC(C)(C)c1ccc(CNc2ccc(O)c(Cl)c2)cc1. The summed E-state index contributed by atoms with van der Waals surface area (Å²) in [4.78, 5) is 0. The first-order chi connectivity index (χ1) is 9.36. The van der Waals surface area contributed by atoms with Gasteiger partial charge in [-0.1, -0.05) is 56.6 Å². The molecule has 0 aromatic heterocycles. The Bertz CT molecular complexity index is 585. The summed E-state index contributed by atoms with van der Waals surface area (Å²) in [6, 6.07) is 13.7. The highest BCUT2D eigenvalue weighted by Crippen LogP contribution is 2.26. The first-order valence-electron chi connectivity index (χ1n) is 6.68. The van der Waals surface area contributed by atoms with Gasteiger partial charge in [0.05, 0.1) is 5.02 Å². The number of aromatic hydroxyl groups is 1. The van der Waals surface area contributed by atoms with Crippen molar-refractivity contribution in [2.24, 2.45) is 0 Å². The molecule has 0 saturated carbocycles. The number of halogens is 1. The van der Waals surface area contributed by atoms with Crippen molar-refractivity contribution < 1.29 is 5.11 Å². The van der Waals surface area contributed by atoms with E-state index in [1.165, 1.54) is 11.1 Å². The average molecular weight is 290 g/mol. The van der Waals surface area contributed by atoms with Gasteiger partial charge in [-0.2, -0.15) is 0 Å². The van der Waals surface area contributed by atoms with Crippen LogP contribution in [0.15, 0.2) is 42.5 Å². The van der Waals surface area contributed by atoms with E-state index in [1.54, 1.807) is 12.1 Å². The third kappa shape index (κ3) is 3.67. The van der Waals surface area contributed by atoms with Gasteiger partial charge in [0.1, 0.15) is 5.75 Å². The Morgan fingerprint density at radius 1 is 1.05 bits per heavy atom. The van der Waals surface area contributed by atoms with Crippen molar-refractivity contribution in [1.29, 1.82) is 0 Å². The van der Waals surface area contributed by atoms with Crippen LogP contribution in [0.5, 0.6) is 5.75 Å². The number of anilines is 1. The third-order valence-corrected chi connectivity index (χ3v) is 3.57. The van der Waals surface area contributed by atoms with Crippen LogP contribution < -0.4 is 5.32 Å². The van der Waals surface area contributed by atoms with Gasteiger partial charge in [0, 0.05) is 12.2 Å². The molecule has 0 aliphatic rings. The van der Waals surface area contributed by atoms with Gasteiger partial charge in [-0.25, -0.2) is 0 Å². The number of hydrogen-bond acceptors (Lipinski definition) is 2. The van der Waals surface area contributed by atoms with Gasteiger partial charge >= 0.3 is 0 Å². The zero-order valence-electron chi connectivity index (χ0n) is 12.1. The second-order valence-corrected chi connectivity index (χ2v) is 6.37. The van der Waals surface area contributed by atoms with E-state index in [0.29, 0.717) is 5.02 Å². The highest BCUT2D eigenvalue weighted by atomic mass is 35.5. The molecule has 3 heteroatoms. The minimum absolute atomic E-state index is 0.103. The molecule has 0 aliphatic carbocycles. The van der Waals surface area contributed by atoms with E-state index in [0.717, 1.165) is 12.2 Å². The minimum atomic E-state index is 0.103. The van der Waals surface area contributed by atoms with Crippen LogP contribution in [0.3, 0.4) is 0 Å². The quantitative estimate of drug-likeness (QED) is 0.783. The number of nitrogens with one attached hydrogen (secondary N) is 1. The number of phenols is 1. The van der Waals surface area contributed by atoms with Gasteiger partial charge in [-0.05, 0) is 34.7 Å². The summed E-state index contributed by atoms with van der Waals surface area (Å²) in [5.41, 5.74) is 3.61. The summed E-state index contributed by atoms with van der Waals surface area (Å²) in [6.07, 6.45) is 0. The molecule has 106 valence electrons. The summed E-state index contributed by atoms with van der Waals surface area (Å²) < 4.78 is 0. The van der Waals surface area contributed by atoms with Crippen LogP contribution in [0.1, 0.15) is 31.9 Å². The van der Waals surface area contributed by atoms with Crippen LogP contribution in [0.25, 0.3) is 0 Å². The Kier molecular flexibility index (Phi) is 4.24. The molecule has 20 heavy (non-hydrogen) atoms. The average Bonchev–Trinajstić information content (AvgIpc) is 2.40. The number of phenolic OH excluding ortho intramolecular Hbond substituents is 1. The summed E-state index contributed by atoms with van der Waals surface area (Å²) in [6.45, 7) is 7.35. The van der Waals surface area contributed by atoms with E-state index in [9.17, 15) is 5.11 Å². The maximum atomic E-state index is 9.38. The van der Waals surface area contributed by atoms with Gasteiger partial charge < -0.3 is 10.4 Å². The second-order valence-electron chi connectivity index (χ2n) is 5.97. The van der Waals surface area contributed by atoms with Crippen LogP contribution in [0.2, 0.25) is 5.02 Å². The Hall–Kier alpha value is -1.67. The Morgan fingerprint density at radius 2 is 1.70 bits per heavy atom. The number of hydrogen-bond donors (Lipinski definition) is 2. The molecular formula is C17H20ClNO. The van der Waals surface area contributed by atoms with Gasteiger partial charge in [0.2, 0.25) is 0 Å². The van der Waals surface area contributed by atoms with E-state index in [1.807, 2.05) is 6.07 Å². The molecule has 0 bridgehead atoms. The fraction of sp³-hybridized carbons (Fsp3) is 0.294. The van der Waals surface area contributed by atoms with Crippen LogP contribution in [-0.2, 0) is 12.0 Å². The van der Waals surface area contributed by atoms with E-state index in [2.05, 4.69) is 50.4 Å². The molecule has 0 saturated heterocycles. The molecule has 0 fully saturated rings. The fourth-order valence-corrected chi connectivity index (χ4v) is 2.12. The van der Waals surface area contributed by atoms with Crippen LogP contribution in [0, 0.1) is 0 Å². The first-order valence-corrected chi connectivity index (χ1v) is 7.06. The van der Waals surface area contributed by atoms with Gasteiger partial charge in [-0.15, -0.1) is 0 Å². The van der Waals surface area contributed by atoms with Crippen LogP contribution in [-0.4, -0.2) is 5.11 Å². The molecule has 0 spiro atoms. The predicted octanol–water partition coefficient (Wildman–Crippen LogP) is 4.96. The lowest BCUT2D eigenvalue weighted by atomic mass is 9.87. The normalized spacial score (nSPS) is 11.4. The lowest BCUT2D eigenvalue weighted by molar-refractivity contribution is 0.475. The largest absolute Gasteiger partial charge is 0.506 e. The maximum absolute atomic E-state index is 9.38. The topological polar surface area (TPSA) is 32.3 Å². The molecule has 0 amide bonds. The summed E-state index contributed by atoms with van der Waals surface area (Å²) >= 11 is 5.88. The van der Waals surface area contributed by atoms with Crippen molar-refractivity contribution >= 4 is 17.3 Å². The van der Waals surface area contributed by atoms with Gasteiger partial charge in [0.15, 0.2) is 0 Å². The Morgan fingerprint density at radius 3 is 2.25 bits per heavy atom. The zero-order chi connectivity index (χ0) is 14.8. The molecule has 0 radical (unpaired) electrons. The lowest BCUT2D eigenvalue weighted by Gasteiger charge is -2.19. The van der Waals surface area contributed by atoms with Crippen molar-refractivity contribution in [2.45, 2.75) is 32.7 Å². The van der Waals surface area contributed by atoms with Crippen molar-refractivity contribution in [3.8, 4) is 5.75 Å². The molecular weight excluding hydrogens is 270 g/mol. The molecule has 0 aliphatic heterocycles. The highest BCUT2D eigenvalue weighted by molar-refractivity contribution is 6.32. The Balaban J connectivity index is 2.02. The van der Waals surface area contributed by atoms with Gasteiger partial charge in [0.25, 0.3) is 0 Å².